The number of alkyl halides is 2. The fraction of sp³-hybridized carbons (Fsp3) is 0.526. The highest BCUT2D eigenvalue weighted by atomic mass is 32.1. The quantitative estimate of drug-likeness (QED) is 0.637. The number of carbonyl (C=O) groups excluding carboxylic acids is 1. The van der Waals surface area contributed by atoms with Crippen molar-refractivity contribution in [1.29, 1.82) is 0 Å². The van der Waals surface area contributed by atoms with Crippen LogP contribution in [-0.2, 0) is 0 Å². The lowest BCUT2D eigenvalue weighted by atomic mass is 9.97. The smallest absolute Gasteiger partial charge is 0.280 e. The zero-order valence-electron chi connectivity index (χ0n) is 16.6. The van der Waals surface area contributed by atoms with Crippen LogP contribution in [0.4, 0.5) is 14.6 Å². The Morgan fingerprint density at radius 1 is 1.18 bits per heavy atom. The predicted molar refractivity (Wildman–Crippen MR) is 107 cm³/mol. The largest absolute Gasteiger partial charge is 0.389 e. The highest BCUT2D eigenvalue weighted by molar-refractivity contribution is 7.17. The Hall–Kier alpha value is -2.13. The summed E-state index contributed by atoms with van der Waals surface area (Å²) < 4.78 is 27.2. The van der Waals surface area contributed by atoms with Crippen molar-refractivity contribution in [3.8, 4) is 10.4 Å². The molecule has 2 rings (SSSR count). The van der Waals surface area contributed by atoms with Crippen molar-refractivity contribution in [3.63, 3.8) is 0 Å². The molecule has 0 aliphatic carbocycles. The summed E-state index contributed by atoms with van der Waals surface area (Å²) >= 11 is 1.00. The van der Waals surface area contributed by atoms with Crippen molar-refractivity contribution in [2.75, 3.05) is 18.4 Å². The molecule has 0 unspecified atom stereocenters. The fourth-order valence-corrected chi connectivity index (χ4v) is 3.05. The molecule has 0 radical (unpaired) electrons. The number of anilines is 1. The average Bonchev–Trinajstić information content (AvgIpc) is 3.06. The number of nitrogens with zero attached hydrogens (tertiary/aromatic N) is 2. The molecule has 2 aromatic heterocycles. The van der Waals surface area contributed by atoms with E-state index in [-0.39, 0.29) is 28.1 Å². The standard InChI is InChI=1S/C19H26F2N4O2S/c1-18(2,3)9-24-14-6-11(15(20)21)12(7-22-14)13-8-23-17(28-13)16(26)25-10-19(4,5)27/h6-8,15,27H,9-10H2,1-5H3,(H,22,24)(H,25,26). The van der Waals surface area contributed by atoms with E-state index in [0.717, 1.165) is 11.3 Å². The summed E-state index contributed by atoms with van der Waals surface area (Å²) in [6, 6.07) is 1.33. The number of aromatic nitrogens is 2. The summed E-state index contributed by atoms with van der Waals surface area (Å²) in [5, 5.41) is 15.5. The number of amides is 1. The summed E-state index contributed by atoms with van der Waals surface area (Å²) in [5.41, 5.74) is -0.999. The van der Waals surface area contributed by atoms with E-state index in [2.05, 4.69) is 20.6 Å². The summed E-state index contributed by atoms with van der Waals surface area (Å²) in [4.78, 5) is 20.8. The molecule has 2 heterocycles. The van der Waals surface area contributed by atoms with Gasteiger partial charge < -0.3 is 15.7 Å². The van der Waals surface area contributed by atoms with E-state index in [0.29, 0.717) is 17.2 Å². The Morgan fingerprint density at radius 2 is 1.86 bits per heavy atom. The molecule has 0 bridgehead atoms. The van der Waals surface area contributed by atoms with Crippen LogP contribution in [0.1, 0.15) is 56.4 Å². The SMILES string of the molecule is CC(C)(C)CNc1cc(C(F)F)c(-c2cnc(C(=O)NCC(C)(C)O)s2)cn1. The molecular weight excluding hydrogens is 386 g/mol. The van der Waals surface area contributed by atoms with Crippen LogP contribution >= 0.6 is 11.3 Å². The second-order valence-corrected chi connectivity index (χ2v) is 9.43. The van der Waals surface area contributed by atoms with Crippen molar-refractivity contribution in [2.45, 2.75) is 46.6 Å². The third-order valence-electron chi connectivity index (χ3n) is 3.62. The first-order valence-electron chi connectivity index (χ1n) is 8.84. The molecule has 6 nitrogen and oxygen atoms in total. The van der Waals surface area contributed by atoms with Crippen LogP contribution in [0.5, 0.6) is 0 Å². The van der Waals surface area contributed by atoms with E-state index in [9.17, 15) is 18.7 Å². The van der Waals surface area contributed by atoms with Crippen molar-refractivity contribution < 1.29 is 18.7 Å². The number of rotatable bonds is 7. The zero-order chi connectivity index (χ0) is 21.1. The third kappa shape index (κ3) is 6.49. The molecule has 3 N–H and O–H groups in total. The first-order chi connectivity index (χ1) is 12.9. The first kappa shape index (κ1) is 22.2. The highest BCUT2D eigenvalue weighted by Gasteiger charge is 2.21. The summed E-state index contributed by atoms with van der Waals surface area (Å²) in [7, 11) is 0. The highest BCUT2D eigenvalue weighted by Crippen LogP contribution is 2.35. The van der Waals surface area contributed by atoms with Gasteiger partial charge in [-0.05, 0) is 25.3 Å². The van der Waals surface area contributed by atoms with Gasteiger partial charge in [-0.1, -0.05) is 20.8 Å². The van der Waals surface area contributed by atoms with Crippen molar-refractivity contribution in [2.24, 2.45) is 5.41 Å². The first-order valence-corrected chi connectivity index (χ1v) is 9.66. The van der Waals surface area contributed by atoms with Crippen LogP contribution in [0.2, 0.25) is 0 Å². The van der Waals surface area contributed by atoms with Gasteiger partial charge in [0.2, 0.25) is 0 Å². The van der Waals surface area contributed by atoms with Crippen LogP contribution in [0.15, 0.2) is 18.5 Å². The van der Waals surface area contributed by atoms with Gasteiger partial charge >= 0.3 is 0 Å². The van der Waals surface area contributed by atoms with Crippen molar-refractivity contribution in [3.05, 3.63) is 29.0 Å². The summed E-state index contributed by atoms with van der Waals surface area (Å²) in [6.07, 6.45) is 0.0654. The maximum atomic E-state index is 13.6. The van der Waals surface area contributed by atoms with Crippen molar-refractivity contribution in [1.82, 2.24) is 15.3 Å². The molecule has 2 aromatic rings. The van der Waals surface area contributed by atoms with Gasteiger partial charge in [-0.2, -0.15) is 0 Å². The molecule has 0 fully saturated rings. The molecule has 1 amide bonds. The Morgan fingerprint density at radius 3 is 2.43 bits per heavy atom. The Kier molecular flexibility index (Phi) is 6.71. The van der Waals surface area contributed by atoms with E-state index in [1.807, 2.05) is 20.8 Å². The molecule has 9 heteroatoms. The number of halogens is 2. The van der Waals surface area contributed by atoms with E-state index in [1.165, 1.54) is 18.5 Å². The molecule has 0 saturated carbocycles. The second kappa shape index (κ2) is 8.48. The fourth-order valence-electron chi connectivity index (χ4n) is 2.19. The molecule has 0 aliphatic heterocycles. The Labute approximate surface area is 167 Å². The molecule has 0 saturated heterocycles. The van der Waals surface area contributed by atoms with Gasteiger partial charge in [-0.15, -0.1) is 11.3 Å². The molecule has 28 heavy (non-hydrogen) atoms. The van der Waals surface area contributed by atoms with E-state index >= 15 is 0 Å². The minimum atomic E-state index is -2.69. The second-order valence-electron chi connectivity index (χ2n) is 8.40. The molecular formula is C19H26F2N4O2S. The molecule has 154 valence electrons. The van der Waals surface area contributed by atoms with E-state index in [4.69, 9.17) is 0 Å². The topological polar surface area (TPSA) is 87.1 Å². The Balaban J connectivity index is 2.23. The summed E-state index contributed by atoms with van der Waals surface area (Å²) in [5.74, 6) is -0.0879. The number of thiazole rings is 1. The number of hydrogen-bond donors (Lipinski definition) is 3. The van der Waals surface area contributed by atoms with Gasteiger partial charge in [0.25, 0.3) is 12.3 Å². The van der Waals surface area contributed by atoms with Crippen LogP contribution in [-0.4, -0.2) is 39.7 Å². The van der Waals surface area contributed by atoms with Gasteiger partial charge in [-0.3, -0.25) is 4.79 Å². The van der Waals surface area contributed by atoms with Crippen LogP contribution < -0.4 is 10.6 Å². The maximum Gasteiger partial charge on any atom is 0.280 e. The predicted octanol–water partition coefficient (Wildman–Crippen LogP) is 4.10. The van der Waals surface area contributed by atoms with Gasteiger partial charge in [0, 0.05) is 36.6 Å². The number of nitrogens with one attached hydrogen (secondary N) is 2. The molecule has 0 aromatic carbocycles. The monoisotopic (exact) mass is 412 g/mol. The number of hydrogen-bond acceptors (Lipinski definition) is 6. The normalized spacial score (nSPS) is 12.3. The Bertz CT molecular complexity index is 826. The van der Waals surface area contributed by atoms with Gasteiger partial charge in [0.15, 0.2) is 5.01 Å². The van der Waals surface area contributed by atoms with Crippen LogP contribution in [0.25, 0.3) is 10.4 Å². The minimum absolute atomic E-state index is 0.0194. The average molecular weight is 413 g/mol. The van der Waals surface area contributed by atoms with Gasteiger partial charge in [-0.25, -0.2) is 18.7 Å². The lowest BCUT2D eigenvalue weighted by Crippen LogP contribution is -2.38. The van der Waals surface area contributed by atoms with E-state index < -0.39 is 17.9 Å². The van der Waals surface area contributed by atoms with Crippen molar-refractivity contribution >= 4 is 23.1 Å². The lowest BCUT2D eigenvalue weighted by molar-refractivity contribution is 0.0694. The van der Waals surface area contributed by atoms with E-state index in [1.54, 1.807) is 13.8 Å². The zero-order valence-corrected chi connectivity index (χ0v) is 17.5. The van der Waals surface area contributed by atoms with Crippen LogP contribution in [0, 0.1) is 5.41 Å². The van der Waals surface area contributed by atoms with Crippen LogP contribution in [0.3, 0.4) is 0 Å². The third-order valence-corrected chi connectivity index (χ3v) is 4.65. The number of aliphatic hydroxyl groups is 1. The lowest BCUT2D eigenvalue weighted by Gasteiger charge is -2.19. The number of pyridine rings is 1. The molecule has 0 aliphatic rings. The minimum Gasteiger partial charge on any atom is -0.389 e. The summed E-state index contributed by atoms with van der Waals surface area (Å²) in [6.45, 7) is 9.87. The number of carbonyl (C=O) groups is 1. The van der Waals surface area contributed by atoms with Gasteiger partial charge in [0.05, 0.1) is 10.5 Å². The maximum absolute atomic E-state index is 13.6. The molecule has 0 spiro atoms. The molecule has 0 atom stereocenters. The van der Waals surface area contributed by atoms with Gasteiger partial charge in [0.1, 0.15) is 5.82 Å².